The lowest BCUT2D eigenvalue weighted by molar-refractivity contribution is 0.0771. The maximum Gasteiger partial charge on any atom is 0.260 e. The Balaban J connectivity index is 2.96. The molecule has 0 unspecified atom stereocenters. The standard InChI is InChI=1S/C12H16FNO2/c1-8(2)7-14(3)12(16)11-9(13)5-4-6-10(11)15/h4-6,8,15H,7H2,1-3H3. The second kappa shape index (κ2) is 4.96. The van der Waals surface area contributed by atoms with Gasteiger partial charge in [0.1, 0.15) is 17.1 Å². The van der Waals surface area contributed by atoms with E-state index in [0.29, 0.717) is 12.5 Å². The Morgan fingerprint density at radius 2 is 2.12 bits per heavy atom. The van der Waals surface area contributed by atoms with Crippen molar-refractivity contribution in [1.29, 1.82) is 0 Å². The maximum atomic E-state index is 13.4. The molecule has 0 aliphatic rings. The van der Waals surface area contributed by atoms with E-state index < -0.39 is 11.7 Å². The molecule has 0 aliphatic heterocycles. The first kappa shape index (κ1) is 12.5. The molecular formula is C12H16FNO2. The summed E-state index contributed by atoms with van der Waals surface area (Å²) >= 11 is 0. The summed E-state index contributed by atoms with van der Waals surface area (Å²) in [5.74, 6) is -1.21. The zero-order chi connectivity index (χ0) is 12.3. The normalized spacial score (nSPS) is 10.6. The Labute approximate surface area is 94.5 Å². The minimum absolute atomic E-state index is 0.259. The summed E-state index contributed by atoms with van der Waals surface area (Å²) in [6, 6.07) is 3.83. The molecule has 1 rings (SSSR count). The van der Waals surface area contributed by atoms with Crippen molar-refractivity contribution in [1.82, 2.24) is 4.90 Å². The van der Waals surface area contributed by atoms with Crippen LogP contribution in [0.25, 0.3) is 0 Å². The van der Waals surface area contributed by atoms with Crippen LogP contribution in [0, 0.1) is 11.7 Å². The number of phenolic OH excluding ortho intramolecular Hbond substituents is 1. The van der Waals surface area contributed by atoms with Crippen molar-refractivity contribution < 1.29 is 14.3 Å². The van der Waals surface area contributed by atoms with Gasteiger partial charge in [-0.15, -0.1) is 0 Å². The molecule has 88 valence electrons. The highest BCUT2D eigenvalue weighted by molar-refractivity contribution is 5.96. The summed E-state index contributed by atoms with van der Waals surface area (Å²) < 4.78 is 13.4. The van der Waals surface area contributed by atoms with Gasteiger partial charge in [0.25, 0.3) is 5.91 Å². The third-order valence-corrected chi connectivity index (χ3v) is 2.19. The van der Waals surface area contributed by atoms with Gasteiger partial charge in [-0.1, -0.05) is 19.9 Å². The fourth-order valence-electron chi connectivity index (χ4n) is 1.55. The number of hydrogen-bond donors (Lipinski definition) is 1. The van der Waals surface area contributed by atoms with E-state index in [0.717, 1.165) is 6.07 Å². The van der Waals surface area contributed by atoms with Crippen molar-refractivity contribution in [2.75, 3.05) is 13.6 Å². The zero-order valence-electron chi connectivity index (χ0n) is 9.70. The van der Waals surface area contributed by atoms with Crippen LogP contribution < -0.4 is 0 Å². The molecule has 1 amide bonds. The Morgan fingerprint density at radius 1 is 1.50 bits per heavy atom. The Bertz CT molecular complexity index is 370. The lowest BCUT2D eigenvalue weighted by Gasteiger charge is -2.20. The zero-order valence-corrected chi connectivity index (χ0v) is 9.70. The van der Waals surface area contributed by atoms with Crippen LogP contribution in [0.3, 0.4) is 0 Å². The van der Waals surface area contributed by atoms with E-state index in [1.54, 1.807) is 7.05 Å². The van der Waals surface area contributed by atoms with Gasteiger partial charge in [-0.25, -0.2) is 4.39 Å². The molecular weight excluding hydrogens is 209 g/mol. The van der Waals surface area contributed by atoms with Crippen molar-refractivity contribution in [3.05, 3.63) is 29.6 Å². The van der Waals surface area contributed by atoms with Crippen LogP contribution in [0.15, 0.2) is 18.2 Å². The molecule has 0 aromatic heterocycles. The molecule has 1 aromatic carbocycles. The summed E-state index contributed by atoms with van der Waals surface area (Å²) in [6.07, 6.45) is 0. The molecule has 0 aliphatic carbocycles. The van der Waals surface area contributed by atoms with Crippen LogP contribution in [0.1, 0.15) is 24.2 Å². The highest BCUT2D eigenvalue weighted by Crippen LogP contribution is 2.21. The van der Waals surface area contributed by atoms with Gasteiger partial charge in [0, 0.05) is 13.6 Å². The average Bonchev–Trinajstić information content (AvgIpc) is 2.16. The number of benzene rings is 1. The highest BCUT2D eigenvalue weighted by atomic mass is 19.1. The van der Waals surface area contributed by atoms with Crippen LogP contribution in [-0.2, 0) is 0 Å². The Kier molecular flexibility index (Phi) is 3.88. The van der Waals surface area contributed by atoms with E-state index in [9.17, 15) is 14.3 Å². The van der Waals surface area contributed by atoms with Crippen molar-refractivity contribution >= 4 is 5.91 Å². The van der Waals surface area contributed by atoms with Gasteiger partial charge in [0.15, 0.2) is 0 Å². The van der Waals surface area contributed by atoms with Crippen LogP contribution in [0.5, 0.6) is 5.75 Å². The molecule has 3 nitrogen and oxygen atoms in total. The molecule has 0 atom stereocenters. The number of nitrogens with zero attached hydrogens (tertiary/aromatic N) is 1. The highest BCUT2D eigenvalue weighted by Gasteiger charge is 2.20. The number of carbonyl (C=O) groups excluding carboxylic acids is 1. The second-order valence-corrected chi connectivity index (χ2v) is 4.21. The van der Waals surface area contributed by atoms with Gasteiger partial charge in [-0.2, -0.15) is 0 Å². The molecule has 0 heterocycles. The van der Waals surface area contributed by atoms with Crippen LogP contribution >= 0.6 is 0 Å². The molecule has 16 heavy (non-hydrogen) atoms. The molecule has 0 bridgehead atoms. The van der Waals surface area contributed by atoms with E-state index in [1.165, 1.54) is 17.0 Å². The smallest absolute Gasteiger partial charge is 0.260 e. The first-order chi connectivity index (χ1) is 7.43. The summed E-state index contributed by atoms with van der Waals surface area (Å²) in [6.45, 7) is 4.45. The number of phenols is 1. The SMILES string of the molecule is CC(C)CN(C)C(=O)c1c(O)cccc1F. The fraction of sp³-hybridized carbons (Fsp3) is 0.417. The van der Waals surface area contributed by atoms with Gasteiger partial charge in [0.2, 0.25) is 0 Å². The molecule has 1 N–H and O–H groups in total. The van der Waals surface area contributed by atoms with E-state index in [1.807, 2.05) is 13.8 Å². The number of aromatic hydroxyl groups is 1. The molecule has 0 spiro atoms. The second-order valence-electron chi connectivity index (χ2n) is 4.21. The summed E-state index contributed by atoms with van der Waals surface area (Å²) in [5, 5.41) is 9.46. The number of carbonyl (C=O) groups is 1. The minimum Gasteiger partial charge on any atom is -0.507 e. The summed E-state index contributed by atoms with van der Waals surface area (Å²) in [4.78, 5) is 13.3. The molecule has 0 saturated heterocycles. The van der Waals surface area contributed by atoms with Crippen LogP contribution in [0.2, 0.25) is 0 Å². The van der Waals surface area contributed by atoms with Gasteiger partial charge in [0.05, 0.1) is 0 Å². The third kappa shape index (κ3) is 2.72. The molecule has 0 fully saturated rings. The summed E-state index contributed by atoms with van der Waals surface area (Å²) in [5.41, 5.74) is -0.259. The maximum absolute atomic E-state index is 13.4. The predicted octanol–water partition coefficient (Wildman–Crippen LogP) is 2.26. The van der Waals surface area contributed by atoms with Crippen LogP contribution in [-0.4, -0.2) is 29.5 Å². The van der Waals surface area contributed by atoms with Crippen molar-refractivity contribution in [3.63, 3.8) is 0 Å². The minimum atomic E-state index is -0.694. The van der Waals surface area contributed by atoms with Gasteiger partial charge < -0.3 is 10.0 Å². The average molecular weight is 225 g/mol. The fourth-order valence-corrected chi connectivity index (χ4v) is 1.55. The van der Waals surface area contributed by atoms with Crippen molar-refractivity contribution in [2.24, 2.45) is 5.92 Å². The van der Waals surface area contributed by atoms with E-state index in [4.69, 9.17) is 0 Å². The molecule has 1 aromatic rings. The van der Waals surface area contributed by atoms with Crippen LogP contribution in [0.4, 0.5) is 4.39 Å². The number of hydrogen-bond acceptors (Lipinski definition) is 2. The number of amides is 1. The number of rotatable bonds is 3. The molecule has 0 radical (unpaired) electrons. The third-order valence-electron chi connectivity index (χ3n) is 2.19. The quantitative estimate of drug-likeness (QED) is 0.857. The van der Waals surface area contributed by atoms with Crippen molar-refractivity contribution in [2.45, 2.75) is 13.8 Å². The largest absolute Gasteiger partial charge is 0.507 e. The topological polar surface area (TPSA) is 40.5 Å². The Hall–Kier alpha value is -1.58. The lowest BCUT2D eigenvalue weighted by atomic mass is 10.1. The van der Waals surface area contributed by atoms with E-state index in [2.05, 4.69) is 0 Å². The van der Waals surface area contributed by atoms with E-state index in [-0.39, 0.29) is 11.3 Å². The predicted molar refractivity (Wildman–Crippen MR) is 59.9 cm³/mol. The first-order valence-electron chi connectivity index (χ1n) is 5.16. The molecule has 0 saturated carbocycles. The molecule has 4 heteroatoms. The van der Waals surface area contributed by atoms with E-state index >= 15 is 0 Å². The van der Waals surface area contributed by atoms with Gasteiger partial charge >= 0.3 is 0 Å². The first-order valence-corrected chi connectivity index (χ1v) is 5.16. The Morgan fingerprint density at radius 3 is 2.62 bits per heavy atom. The van der Waals surface area contributed by atoms with Gasteiger partial charge in [-0.3, -0.25) is 4.79 Å². The number of halogens is 1. The van der Waals surface area contributed by atoms with Crippen molar-refractivity contribution in [3.8, 4) is 5.75 Å². The monoisotopic (exact) mass is 225 g/mol. The van der Waals surface area contributed by atoms with Gasteiger partial charge in [-0.05, 0) is 18.1 Å². The lowest BCUT2D eigenvalue weighted by Crippen LogP contribution is -2.30. The summed E-state index contributed by atoms with van der Waals surface area (Å²) in [7, 11) is 1.59.